The minimum absolute atomic E-state index is 0.743. The molecule has 0 aliphatic rings. The maximum atomic E-state index is 5.03. The van der Waals surface area contributed by atoms with Gasteiger partial charge in [-0.15, -0.1) is 0 Å². The Balaban J connectivity index is 0.000000243. The van der Waals surface area contributed by atoms with E-state index in [1.807, 2.05) is 72.8 Å². The predicted octanol–water partition coefficient (Wildman–Crippen LogP) is 7.66. The van der Waals surface area contributed by atoms with E-state index in [0.717, 1.165) is 22.8 Å². The zero-order chi connectivity index (χ0) is 23.7. The van der Waals surface area contributed by atoms with Crippen LogP contribution in [-0.2, 0) is 0 Å². The fourth-order valence-corrected chi connectivity index (χ4v) is 2.06. The van der Waals surface area contributed by atoms with Crippen molar-refractivity contribution in [2.75, 3.05) is 0 Å². The molecule has 0 atom stereocenters. The molecule has 4 aromatic rings. The Morgan fingerprint density at radius 3 is 0.781 bits per heavy atom. The number of nitrogens with zero attached hydrogens (tertiary/aromatic N) is 4. The van der Waals surface area contributed by atoms with Gasteiger partial charge in [0.2, 0.25) is 0 Å². The quantitative estimate of drug-likeness (QED) is 0.207. The summed E-state index contributed by atoms with van der Waals surface area (Å²) >= 11 is -3.98. The first kappa shape index (κ1) is 29.6. The van der Waals surface area contributed by atoms with Crippen LogP contribution in [0.15, 0.2) is 97.6 Å². The van der Waals surface area contributed by atoms with E-state index in [0.29, 0.717) is 0 Å². The number of pyridine rings is 4. The molecule has 4 heterocycles. The Kier molecular flexibility index (Phi) is 16.7. The summed E-state index contributed by atoms with van der Waals surface area (Å²) in [6, 6.07) is 23.2. The minimum Gasteiger partial charge on any atom is -0.255 e. The van der Waals surface area contributed by atoms with Crippen LogP contribution in [0.1, 0.15) is 0 Å². The van der Waals surface area contributed by atoms with E-state index in [1.165, 1.54) is 0 Å². The van der Waals surface area contributed by atoms with Gasteiger partial charge in [-0.3, -0.25) is 19.9 Å². The first-order chi connectivity index (χ1) is 15.3. The fourth-order valence-electron chi connectivity index (χ4n) is 2.06. The summed E-state index contributed by atoms with van der Waals surface area (Å²) in [4.78, 5) is 16.7. The van der Waals surface area contributed by atoms with Crippen molar-refractivity contribution < 1.29 is 0 Å². The zero-order valence-electron chi connectivity index (χ0n) is 16.4. The molecule has 0 saturated heterocycles. The van der Waals surface area contributed by atoms with Crippen molar-refractivity contribution in [3.8, 4) is 22.8 Å². The molecule has 0 unspecified atom stereocenters. The molecule has 1 radical (unpaired) electrons. The molecule has 0 fully saturated rings. The summed E-state index contributed by atoms with van der Waals surface area (Å²) in [5.41, 5.74) is 3.66. The summed E-state index contributed by atoms with van der Waals surface area (Å²) < 4.78 is 0. The molecule has 0 spiro atoms. The molecule has 0 aliphatic heterocycles. The van der Waals surface area contributed by atoms with Gasteiger partial charge in [0, 0.05) is 24.8 Å². The van der Waals surface area contributed by atoms with Crippen molar-refractivity contribution in [3.63, 3.8) is 0 Å². The molecule has 32 heavy (non-hydrogen) atoms. The second-order valence-corrected chi connectivity index (χ2v) is 31.9. The van der Waals surface area contributed by atoms with Crippen LogP contribution < -0.4 is 0 Å². The van der Waals surface area contributed by atoms with Gasteiger partial charge in [-0.1, -0.05) is 24.3 Å². The van der Waals surface area contributed by atoms with Crippen LogP contribution in [0.5, 0.6) is 0 Å². The van der Waals surface area contributed by atoms with E-state index in [-0.39, 0.29) is 0 Å². The second kappa shape index (κ2) is 18.0. The second-order valence-electron chi connectivity index (χ2n) is 5.44. The van der Waals surface area contributed by atoms with E-state index in [4.69, 9.17) is 57.8 Å². The molecule has 0 bridgehead atoms. The van der Waals surface area contributed by atoms with Crippen molar-refractivity contribution in [1.29, 1.82) is 0 Å². The SMILES string of the molecule is [Cl][Ga-]([Cl])([Cl])[Cl].[Cl][Ga][Cl].c1ccc(-c2ccccn2)nc1.c1ccc(-c2ccccn2)nc1. The average Bonchev–Trinajstić information content (AvgIpc) is 2.81. The van der Waals surface area contributed by atoms with Crippen LogP contribution in [0.2, 0.25) is 0 Å². The van der Waals surface area contributed by atoms with Crippen LogP contribution >= 0.6 is 57.8 Å². The van der Waals surface area contributed by atoms with Crippen LogP contribution in [-0.4, -0.2) is 46.4 Å². The van der Waals surface area contributed by atoms with Crippen molar-refractivity contribution in [3.05, 3.63) is 97.6 Å². The molecule has 0 saturated carbocycles. The first-order valence-electron chi connectivity index (χ1n) is 8.89. The molecular formula is C20H16Cl6Ga2N4-. The van der Waals surface area contributed by atoms with Gasteiger partial charge in [0.25, 0.3) is 0 Å². The Morgan fingerprint density at radius 1 is 0.469 bits per heavy atom. The maximum absolute atomic E-state index is 5.03. The van der Waals surface area contributed by atoms with Crippen LogP contribution in [0.4, 0.5) is 0 Å². The Morgan fingerprint density at radius 2 is 0.656 bits per heavy atom. The maximum Gasteiger partial charge on any atom is 0.0886 e. The van der Waals surface area contributed by atoms with Gasteiger partial charge in [-0.2, -0.15) is 0 Å². The van der Waals surface area contributed by atoms with Crippen LogP contribution in [0.3, 0.4) is 0 Å². The minimum atomic E-state index is -3.24. The van der Waals surface area contributed by atoms with Gasteiger partial charge >= 0.3 is 84.3 Å². The molecule has 165 valence electrons. The van der Waals surface area contributed by atoms with Gasteiger partial charge in [0.1, 0.15) is 0 Å². The summed E-state index contributed by atoms with van der Waals surface area (Å²) in [6.07, 6.45) is 7.07. The molecule has 0 aliphatic carbocycles. The molecule has 0 amide bonds. The molecule has 0 aromatic carbocycles. The molecular weight excluding hydrogens is 648 g/mol. The number of rotatable bonds is 2. The molecule has 0 N–H and O–H groups in total. The smallest absolute Gasteiger partial charge is 0.0886 e. The molecule has 4 nitrogen and oxygen atoms in total. The van der Waals surface area contributed by atoms with E-state index in [9.17, 15) is 0 Å². The third-order valence-electron chi connectivity index (χ3n) is 3.18. The number of halogens is 6. The normalized spacial score (nSPS) is 9.56. The van der Waals surface area contributed by atoms with Crippen LogP contribution in [0, 0.1) is 0 Å². The topological polar surface area (TPSA) is 51.6 Å². The number of hydrogen-bond donors (Lipinski definition) is 0. The van der Waals surface area contributed by atoms with E-state index in [1.54, 1.807) is 24.8 Å². The molecule has 4 rings (SSSR count). The molecule has 4 aromatic heterocycles. The fraction of sp³-hybridized carbons (Fsp3) is 0. The monoisotopic (exact) mass is 660 g/mol. The Bertz CT molecular complexity index is 811. The van der Waals surface area contributed by atoms with Crippen molar-refractivity contribution >= 4 is 84.3 Å². The van der Waals surface area contributed by atoms with E-state index < -0.39 is 26.4 Å². The number of aromatic nitrogens is 4. The third kappa shape index (κ3) is 15.4. The summed E-state index contributed by atoms with van der Waals surface area (Å²) in [6.45, 7) is 0. The van der Waals surface area contributed by atoms with Crippen molar-refractivity contribution in [1.82, 2.24) is 19.9 Å². The van der Waals surface area contributed by atoms with Gasteiger partial charge in [0.05, 0.1) is 22.8 Å². The largest absolute Gasteiger partial charge is 0.255 e. The van der Waals surface area contributed by atoms with Gasteiger partial charge < -0.3 is 0 Å². The Hall–Kier alpha value is -0.387. The summed E-state index contributed by atoms with van der Waals surface area (Å²) in [7, 11) is 30.0. The van der Waals surface area contributed by atoms with Crippen molar-refractivity contribution in [2.45, 2.75) is 0 Å². The van der Waals surface area contributed by atoms with Gasteiger partial charge in [0.15, 0.2) is 0 Å². The standard InChI is InChI=1S/2C10H8N2.6ClH.2Ga/c2*1-3-7-11-9(5-1)10-6-2-4-8-12-10;;;;;;;;/h2*1-8H;6*1H;;/q;;;;;;;;+2;+3/p-6. The van der Waals surface area contributed by atoms with E-state index in [2.05, 4.69) is 19.9 Å². The first-order valence-corrected chi connectivity index (χ1v) is 28.0. The van der Waals surface area contributed by atoms with Gasteiger partial charge in [-0.05, 0) is 48.5 Å². The van der Waals surface area contributed by atoms with Crippen molar-refractivity contribution in [2.24, 2.45) is 0 Å². The predicted molar refractivity (Wildman–Crippen MR) is 142 cm³/mol. The Labute approximate surface area is 222 Å². The third-order valence-corrected chi connectivity index (χ3v) is 3.18. The molecule has 12 heteroatoms. The summed E-state index contributed by atoms with van der Waals surface area (Å²) in [5, 5.41) is 0. The van der Waals surface area contributed by atoms with Gasteiger partial charge in [-0.25, -0.2) is 0 Å². The number of hydrogen-bond acceptors (Lipinski definition) is 4. The van der Waals surface area contributed by atoms with E-state index >= 15 is 0 Å². The summed E-state index contributed by atoms with van der Waals surface area (Å²) in [5.74, 6) is 0. The average molecular weight is 665 g/mol. The zero-order valence-corrected chi connectivity index (χ0v) is 25.8. The van der Waals surface area contributed by atoms with Crippen LogP contribution in [0.25, 0.3) is 22.8 Å².